The van der Waals surface area contributed by atoms with Gasteiger partial charge in [0.15, 0.2) is 11.6 Å². The summed E-state index contributed by atoms with van der Waals surface area (Å²) in [6, 6.07) is 10.7. The van der Waals surface area contributed by atoms with Crippen LogP contribution in [0.15, 0.2) is 42.6 Å². The zero-order valence-electron chi connectivity index (χ0n) is 20.1. The maximum Gasteiger partial charge on any atom is 0.230 e. The summed E-state index contributed by atoms with van der Waals surface area (Å²) in [5, 5.41) is 15.0. The number of nitrogens with one attached hydrogen (secondary N) is 3. The molecule has 1 amide bonds. The summed E-state index contributed by atoms with van der Waals surface area (Å²) in [4.78, 5) is 15.1. The average molecular weight is 477 g/mol. The van der Waals surface area contributed by atoms with Crippen LogP contribution in [0, 0.1) is 17.1 Å². The number of anilines is 1. The topological polar surface area (TPSA) is 77.5 Å². The second-order valence-corrected chi connectivity index (χ2v) is 9.78. The van der Waals surface area contributed by atoms with Gasteiger partial charge in [0, 0.05) is 47.1 Å². The molecular formula is C28H33FN4O2. The van der Waals surface area contributed by atoms with E-state index < -0.39 is 5.82 Å². The van der Waals surface area contributed by atoms with Gasteiger partial charge in [0.2, 0.25) is 5.91 Å². The first-order valence-corrected chi connectivity index (χ1v) is 12.7. The zero-order valence-corrected chi connectivity index (χ0v) is 20.1. The van der Waals surface area contributed by atoms with Gasteiger partial charge in [-0.15, -0.1) is 0 Å². The molecule has 2 fully saturated rings. The minimum absolute atomic E-state index is 0.0992. The molecule has 1 atom stereocenters. The van der Waals surface area contributed by atoms with Crippen molar-refractivity contribution >= 4 is 23.4 Å². The molecule has 0 spiro atoms. The predicted octanol–water partition coefficient (Wildman–Crippen LogP) is 5.03. The molecule has 2 heterocycles. The summed E-state index contributed by atoms with van der Waals surface area (Å²) >= 11 is 0. The van der Waals surface area contributed by atoms with Crippen molar-refractivity contribution in [2.24, 2.45) is 5.92 Å². The number of carbonyl (C=O) groups excluding carboxylic acids is 1. The molecule has 6 nitrogen and oxygen atoms in total. The minimum Gasteiger partial charge on any atom is -0.453 e. The lowest BCUT2D eigenvalue weighted by Gasteiger charge is -2.37. The first-order chi connectivity index (χ1) is 17.1. The first kappa shape index (κ1) is 23.5. The molecule has 3 aliphatic rings. The van der Waals surface area contributed by atoms with E-state index in [0.29, 0.717) is 17.4 Å². The number of carbonyl (C=O) groups is 1. The number of piperidine rings is 1. The molecule has 1 aliphatic carbocycles. The van der Waals surface area contributed by atoms with Gasteiger partial charge in [0.05, 0.1) is 5.69 Å². The summed E-state index contributed by atoms with van der Waals surface area (Å²) in [7, 11) is 0. The average Bonchev–Trinajstić information content (AvgIpc) is 3.72. The highest BCUT2D eigenvalue weighted by molar-refractivity contribution is 6.10. The molecule has 3 N–H and O–H groups in total. The van der Waals surface area contributed by atoms with Gasteiger partial charge in [0.1, 0.15) is 5.75 Å². The number of hydrogen-bond donors (Lipinski definition) is 3. The first-order valence-electron chi connectivity index (χ1n) is 12.7. The maximum atomic E-state index is 14.6. The molecule has 1 saturated carbocycles. The highest BCUT2D eigenvalue weighted by Crippen LogP contribution is 2.45. The second-order valence-electron chi connectivity index (χ2n) is 9.78. The van der Waals surface area contributed by atoms with E-state index in [0.717, 1.165) is 68.4 Å². The lowest BCUT2D eigenvalue weighted by atomic mass is 9.91. The Balaban J connectivity index is 1.57. The van der Waals surface area contributed by atoms with Gasteiger partial charge >= 0.3 is 0 Å². The molecule has 0 aromatic heterocycles. The second kappa shape index (κ2) is 10.2. The Morgan fingerprint density at radius 2 is 1.91 bits per heavy atom. The van der Waals surface area contributed by atoms with Crippen LogP contribution in [0.4, 0.5) is 10.1 Å². The van der Waals surface area contributed by atoms with Gasteiger partial charge in [0.25, 0.3) is 0 Å². The lowest BCUT2D eigenvalue weighted by molar-refractivity contribution is -0.120. The third kappa shape index (κ3) is 4.96. The molecule has 0 bridgehead atoms. The Labute approximate surface area is 206 Å². The number of amides is 1. The van der Waals surface area contributed by atoms with E-state index in [1.165, 1.54) is 12.3 Å². The van der Waals surface area contributed by atoms with Crippen molar-refractivity contribution in [2.45, 2.75) is 57.5 Å². The number of nitrogens with zero attached hydrogens (tertiary/aromatic N) is 1. The van der Waals surface area contributed by atoms with Crippen LogP contribution < -0.4 is 20.3 Å². The van der Waals surface area contributed by atoms with E-state index in [9.17, 15) is 9.18 Å². The molecule has 1 saturated heterocycles. The summed E-state index contributed by atoms with van der Waals surface area (Å²) < 4.78 is 20.9. The van der Waals surface area contributed by atoms with Crippen LogP contribution in [0.25, 0.3) is 5.57 Å². The van der Waals surface area contributed by atoms with E-state index in [1.807, 2.05) is 23.2 Å². The lowest BCUT2D eigenvalue weighted by Crippen LogP contribution is -2.43. The molecule has 0 unspecified atom stereocenters. The standard InChI is InChI=1S/C28H33FN4O2/c1-18-6-9-23-25(33(18)28(34)19-7-8-19)11-10-22(27(23)35-26-5-3-2-4-24(26)29)20(16-30)17-32-21-12-14-31-15-13-21/h2-5,10-11,16-19,21,30-32H,6-9,12-15H2,1H3/b20-17+,30-16?/t18-/m0/s1. The largest absolute Gasteiger partial charge is 0.453 e. The van der Waals surface area contributed by atoms with Crippen LogP contribution >= 0.6 is 0 Å². The predicted molar refractivity (Wildman–Crippen MR) is 137 cm³/mol. The third-order valence-electron chi connectivity index (χ3n) is 7.24. The van der Waals surface area contributed by atoms with Crippen molar-refractivity contribution in [3.63, 3.8) is 0 Å². The van der Waals surface area contributed by atoms with Crippen LogP contribution in [-0.2, 0) is 11.2 Å². The number of halogens is 1. The zero-order chi connectivity index (χ0) is 24.4. The van der Waals surface area contributed by atoms with Crippen molar-refractivity contribution in [3.8, 4) is 11.5 Å². The van der Waals surface area contributed by atoms with Crippen LogP contribution in [0.5, 0.6) is 11.5 Å². The van der Waals surface area contributed by atoms with E-state index in [-0.39, 0.29) is 23.6 Å². The quantitative estimate of drug-likeness (QED) is 0.490. The van der Waals surface area contributed by atoms with Crippen LogP contribution in [0.2, 0.25) is 0 Å². The summed E-state index contributed by atoms with van der Waals surface area (Å²) in [5.74, 6) is 0.481. The van der Waals surface area contributed by atoms with Crippen molar-refractivity contribution in [1.82, 2.24) is 10.6 Å². The smallest absolute Gasteiger partial charge is 0.230 e. The van der Waals surface area contributed by atoms with Crippen molar-refractivity contribution in [1.29, 1.82) is 5.41 Å². The van der Waals surface area contributed by atoms with E-state index >= 15 is 0 Å². The molecule has 35 heavy (non-hydrogen) atoms. The van der Waals surface area contributed by atoms with E-state index in [1.54, 1.807) is 18.2 Å². The number of ether oxygens (including phenoxy) is 1. The van der Waals surface area contributed by atoms with Gasteiger partial charge < -0.3 is 25.7 Å². The molecule has 2 aromatic rings. The number of benzene rings is 2. The number of hydrogen-bond acceptors (Lipinski definition) is 5. The van der Waals surface area contributed by atoms with Crippen molar-refractivity contribution in [2.75, 3.05) is 18.0 Å². The molecule has 2 aromatic carbocycles. The normalized spacial score (nSPS) is 20.8. The fourth-order valence-corrected chi connectivity index (χ4v) is 5.04. The molecule has 5 rings (SSSR count). The Bertz CT molecular complexity index is 1140. The minimum atomic E-state index is -0.445. The van der Waals surface area contributed by atoms with Crippen LogP contribution in [0.3, 0.4) is 0 Å². The number of fused-ring (bicyclic) bond motifs is 1. The highest BCUT2D eigenvalue weighted by Gasteiger charge is 2.39. The Hall–Kier alpha value is -3.19. The fourth-order valence-electron chi connectivity index (χ4n) is 5.04. The van der Waals surface area contributed by atoms with Gasteiger partial charge in [-0.25, -0.2) is 4.39 Å². The van der Waals surface area contributed by atoms with Gasteiger partial charge in [-0.1, -0.05) is 12.1 Å². The van der Waals surface area contributed by atoms with Gasteiger partial charge in [-0.2, -0.15) is 0 Å². The molecular weight excluding hydrogens is 443 g/mol. The van der Waals surface area contributed by atoms with Crippen LogP contribution in [-0.4, -0.2) is 37.3 Å². The van der Waals surface area contributed by atoms with Gasteiger partial charge in [-0.05, 0) is 82.8 Å². The van der Waals surface area contributed by atoms with Crippen molar-refractivity contribution < 1.29 is 13.9 Å². The Kier molecular flexibility index (Phi) is 6.86. The monoisotopic (exact) mass is 476 g/mol. The number of rotatable bonds is 7. The molecule has 184 valence electrons. The van der Waals surface area contributed by atoms with E-state index in [2.05, 4.69) is 17.6 Å². The molecule has 2 aliphatic heterocycles. The Morgan fingerprint density at radius 1 is 1.14 bits per heavy atom. The molecule has 7 heteroatoms. The highest BCUT2D eigenvalue weighted by atomic mass is 19.1. The van der Waals surface area contributed by atoms with Crippen LogP contribution in [0.1, 0.15) is 50.2 Å². The van der Waals surface area contributed by atoms with E-state index in [4.69, 9.17) is 10.1 Å². The summed E-state index contributed by atoms with van der Waals surface area (Å²) in [5.41, 5.74) is 3.12. The third-order valence-corrected chi connectivity index (χ3v) is 7.24. The summed E-state index contributed by atoms with van der Waals surface area (Å²) in [6.07, 6.45) is 8.62. The van der Waals surface area contributed by atoms with Gasteiger partial charge in [-0.3, -0.25) is 4.79 Å². The van der Waals surface area contributed by atoms with Crippen molar-refractivity contribution in [3.05, 3.63) is 59.5 Å². The Morgan fingerprint density at radius 3 is 2.63 bits per heavy atom. The number of allylic oxidation sites excluding steroid dienone is 1. The maximum absolute atomic E-state index is 14.6. The molecule has 0 radical (unpaired) electrons. The fraction of sp³-hybridized carbons (Fsp3) is 0.429. The SMILES string of the molecule is C[C@H]1CCc2c(ccc(/C(C=N)=C/NC3CCNCC3)c2Oc2ccccc2F)N1C(=O)C1CC1. The summed E-state index contributed by atoms with van der Waals surface area (Å²) in [6.45, 7) is 4.02. The number of para-hydroxylation sites is 1.